The van der Waals surface area contributed by atoms with E-state index in [0.29, 0.717) is 15.6 Å². The van der Waals surface area contributed by atoms with Crippen LogP contribution < -0.4 is 5.32 Å². The van der Waals surface area contributed by atoms with E-state index in [1.54, 1.807) is 12.1 Å². The molecular weight excluding hydrogens is 279 g/mol. The maximum absolute atomic E-state index is 11.2. The van der Waals surface area contributed by atoms with Gasteiger partial charge in [-0.25, -0.2) is 0 Å². The summed E-state index contributed by atoms with van der Waals surface area (Å²) in [4.78, 5) is 21.6. The molecule has 1 amide bonds. The monoisotopic (exact) mass is 284 g/mol. The van der Waals surface area contributed by atoms with Crippen LogP contribution in [0.3, 0.4) is 0 Å². The maximum atomic E-state index is 11.2. The first-order valence-corrected chi connectivity index (χ1v) is 5.53. The zero-order chi connectivity index (χ0) is 13.3. The van der Waals surface area contributed by atoms with E-state index in [-0.39, 0.29) is 5.70 Å². The molecule has 1 aliphatic rings. The molecule has 0 atom stereocenters. The molecule has 0 bridgehead atoms. The van der Waals surface area contributed by atoms with Crippen LogP contribution in [0.5, 0.6) is 0 Å². The minimum Gasteiger partial charge on any atom is -0.504 e. The van der Waals surface area contributed by atoms with Gasteiger partial charge >= 0.3 is 0 Å². The molecule has 2 rings (SSSR count). The summed E-state index contributed by atoms with van der Waals surface area (Å²) < 4.78 is 0. The van der Waals surface area contributed by atoms with Gasteiger partial charge in [0.2, 0.25) is 5.70 Å². The van der Waals surface area contributed by atoms with Crippen molar-refractivity contribution in [1.29, 1.82) is 0 Å². The largest absolute Gasteiger partial charge is 0.504 e. The van der Waals surface area contributed by atoms with Crippen LogP contribution in [0.2, 0.25) is 10.0 Å². The molecule has 7 heteroatoms. The second-order valence-electron chi connectivity index (χ2n) is 3.47. The highest BCUT2D eigenvalue weighted by atomic mass is 35.5. The Morgan fingerprint density at radius 3 is 2.61 bits per heavy atom. The fraction of sp³-hybridized carbons (Fsp3) is 0. The highest BCUT2D eigenvalue weighted by Gasteiger charge is 2.28. The van der Waals surface area contributed by atoms with E-state index in [2.05, 4.69) is 10.5 Å². The molecule has 1 aromatic carbocycles. The predicted octanol–water partition coefficient (Wildman–Crippen LogP) is 3.00. The van der Waals surface area contributed by atoms with E-state index in [1.165, 1.54) is 12.1 Å². The Balaban J connectivity index is 2.44. The molecule has 1 aliphatic heterocycles. The number of benzene rings is 1. The lowest BCUT2D eigenvalue weighted by Crippen LogP contribution is -2.15. The summed E-state index contributed by atoms with van der Waals surface area (Å²) in [6.07, 6.45) is 1.42. The Morgan fingerprint density at radius 1 is 1.33 bits per heavy atom. The number of rotatable bonds is 2. The third-order valence-corrected chi connectivity index (χ3v) is 2.86. The Labute approximate surface area is 112 Å². The van der Waals surface area contributed by atoms with Crippen LogP contribution in [0.25, 0.3) is 6.08 Å². The third-order valence-electron chi connectivity index (χ3n) is 2.30. The SMILES string of the molecule is O=NC1=C(O)/C(=C/c2ccc(Cl)cc2Cl)NC1=O. The first kappa shape index (κ1) is 12.6. The summed E-state index contributed by atoms with van der Waals surface area (Å²) in [5.41, 5.74) is 0.0558. The molecule has 0 spiro atoms. The number of aliphatic hydroxyl groups excluding tert-OH is 1. The summed E-state index contributed by atoms with van der Waals surface area (Å²) in [5, 5.41) is 15.2. The first-order valence-electron chi connectivity index (χ1n) is 4.78. The van der Waals surface area contributed by atoms with Crippen molar-refractivity contribution in [3.05, 3.63) is 55.9 Å². The summed E-state index contributed by atoms with van der Waals surface area (Å²) in [6, 6.07) is 4.74. The van der Waals surface area contributed by atoms with E-state index >= 15 is 0 Å². The van der Waals surface area contributed by atoms with E-state index in [4.69, 9.17) is 23.2 Å². The molecule has 0 aliphatic carbocycles. The van der Waals surface area contributed by atoms with Gasteiger partial charge in [0.05, 0.1) is 5.70 Å². The number of aliphatic hydroxyl groups is 1. The number of carbonyl (C=O) groups excluding carboxylic acids is 1. The van der Waals surface area contributed by atoms with Crippen LogP contribution >= 0.6 is 23.2 Å². The average molecular weight is 285 g/mol. The smallest absolute Gasteiger partial charge is 0.281 e. The van der Waals surface area contributed by atoms with Gasteiger partial charge in [-0.15, -0.1) is 4.91 Å². The van der Waals surface area contributed by atoms with Crippen molar-refractivity contribution in [1.82, 2.24) is 5.32 Å². The fourth-order valence-electron chi connectivity index (χ4n) is 1.44. The number of carbonyl (C=O) groups is 1. The van der Waals surface area contributed by atoms with E-state index < -0.39 is 17.4 Å². The number of hydrogen-bond acceptors (Lipinski definition) is 4. The minimum atomic E-state index is -0.751. The molecule has 0 unspecified atom stereocenters. The molecule has 0 fully saturated rings. The third kappa shape index (κ3) is 2.23. The van der Waals surface area contributed by atoms with Crippen LogP contribution in [-0.2, 0) is 4.79 Å². The zero-order valence-corrected chi connectivity index (χ0v) is 10.3. The molecule has 5 nitrogen and oxygen atoms in total. The van der Waals surface area contributed by atoms with Gasteiger partial charge in [0.1, 0.15) is 0 Å². The summed E-state index contributed by atoms with van der Waals surface area (Å²) in [7, 11) is 0. The second-order valence-corrected chi connectivity index (χ2v) is 4.31. The van der Waals surface area contributed by atoms with Gasteiger partial charge in [0.25, 0.3) is 5.91 Å². The number of nitroso groups, excluding NO2 is 1. The van der Waals surface area contributed by atoms with Crippen molar-refractivity contribution in [3.63, 3.8) is 0 Å². The van der Waals surface area contributed by atoms with Gasteiger partial charge in [-0.1, -0.05) is 29.3 Å². The van der Waals surface area contributed by atoms with Crippen LogP contribution in [0.1, 0.15) is 5.56 Å². The lowest BCUT2D eigenvalue weighted by Gasteiger charge is -2.02. The van der Waals surface area contributed by atoms with E-state index in [1.807, 2.05) is 0 Å². The number of hydrogen-bond donors (Lipinski definition) is 2. The van der Waals surface area contributed by atoms with Gasteiger partial charge in [0, 0.05) is 10.0 Å². The summed E-state index contributed by atoms with van der Waals surface area (Å²) >= 11 is 11.7. The molecule has 0 aromatic heterocycles. The quantitative estimate of drug-likeness (QED) is 0.820. The lowest BCUT2D eigenvalue weighted by molar-refractivity contribution is -0.116. The molecule has 18 heavy (non-hydrogen) atoms. The van der Waals surface area contributed by atoms with Crippen molar-refractivity contribution in [3.8, 4) is 0 Å². The van der Waals surface area contributed by atoms with Crippen LogP contribution in [0.15, 0.2) is 40.5 Å². The molecule has 1 aromatic rings. The number of halogens is 2. The lowest BCUT2D eigenvalue weighted by atomic mass is 10.2. The van der Waals surface area contributed by atoms with Crippen molar-refractivity contribution < 1.29 is 9.90 Å². The molecular formula is C11H6Cl2N2O3. The van der Waals surface area contributed by atoms with Gasteiger partial charge in [0.15, 0.2) is 5.76 Å². The van der Waals surface area contributed by atoms with Gasteiger partial charge in [-0.3, -0.25) is 4.79 Å². The summed E-state index contributed by atoms with van der Waals surface area (Å²) in [6.45, 7) is 0. The van der Waals surface area contributed by atoms with Gasteiger partial charge < -0.3 is 10.4 Å². The Morgan fingerprint density at radius 2 is 2.06 bits per heavy atom. The second kappa shape index (κ2) is 4.80. The Bertz CT molecular complexity index is 608. The standard InChI is InChI=1S/C11H6Cl2N2O3/c12-6-2-1-5(7(13)4-6)3-8-10(16)9(15-18)11(17)14-8/h1-4,16H,(H,14,17)/b8-3-. The molecule has 0 saturated heterocycles. The van der Waals surface area contributed by atoms with Crippen molar-refractivity contribution in [2.75, 3.05) is 0 Å². The predicted molar refractivity (Wildman–Crippen MR) is 68.0 cm³/mol. The number of nitrogens with one attached hydrogen (secondary N) is 1. The van der Waals surface area contributed by atoms with Crippen molar-refractivity contribution in [2.45, 2.75) is 0 Å². The Hall–Kier alpha value is -1.85. The molecule has 2 N–H and O–H groups in total. The average Bonchev–Trinajstić information content (AvgIpc) is 2.58. The van der Waals surface area contributed by atoms with E-state index in [0.717, 1.165) is 0 Å². The van der Waals surface area contributed by atoms with Gasteiger partial charge in [-0.2, -0.15) is 0 Å². The fourth-order valence-corrected chi connectivity index (χ4v) is 1.90. The molecule has 0 radical (unpaired) electrons. The number of nitrogens with zero attached hydrogens (tertiary/aromatic N) is 1. The highest BCUT2D eigenvalue weighted by molar-refractivity contribution is 6.35. The van der Waals surface area contributed by atoms with Crippen molar-refractivity contribution in [2.24, 2.45) is 5.18 Å². The Kier molecular flexibility index (Phi) is 3.36. The minimum absolute atomic E-state index is 0.0684. The topological polar surface area (TPSA) is 78.8 Å². The summed E-state index contributed by atoms with van der Waals surface area (Å²) in [5.74, 6) is -1.25. The van der Waals surface area contributed by atoms with Crippen LogP contribution in [0.4, 0.5) is 0 Å². The maximum Gasteiger partial charge on any atom is 0.281 e. The first-order chi connectivity index (χ1) is 8.52. The molecule has 0 saturated carbocycles. The van der Waals surface area contributed by atoms with Crippen LogP contribution in [-0.4, -0.2) is 11.0 Å². The molecule has 92 valence electrons. The van der Waals surface area contributed by atoms with E-state index in [9.17, 15) is 14.8 Å². The zero-order valence-electron chi connectivity index (χ0n) is 8.78. The molecule has 1 heterocycles. The van der Waals surface area contributed by atoms with Gasteiger partial charge in [-0.05, 0) is 28.9 Å². The van der Waals surface area contributed by atoms with Crippen molar-refractivity contribution >= 4 is 35.2 Å². The normalized spacial score (nSPS) is 17.2. The highest BCUT2D eigenvalue weighted by Crippen LogP contribution is 2.26. The van der Waals surface area contributed by atoms with Crippen LogP contribution in [0, 0.1) is 4.91 Å². The number of amides is 1.